The van der Waals surface area contributed by atoms with E-state index in [-0.39, 0.29) is 22.4 Å². The van der Waals surface area contributed by atoms with Crippen LogP contribution in [0.25, 0.3) is 0 Å². The third-order valence-electron chi connectivity index (χ3n) is 7.64. The van der Waals surface area contributed by atoms with Crippen LogP contribution in [-0.4, -0.2) is 34.3 Å². The van der Waals surface area contributed by atoms with Gasteiger partial charge in [-0.1, -0.05) is 55.3 Å². The smallest absolute Gasteiger partial charge is 0.407 e. The lowest BCUT2D eigenvalue weighted by atomic mass is 9.55. The first kappa shape index (κ1) is 23.2. The van der Waals surface area contributed by atoms with Crippen LogP contribution in [0.4, 0.5) is 4.79 Å². The molecule has 5 atom stereocenters. The minimum absolute atomic E-state index is 0.0243. The Bertz CT molecular complexity index is 808. The molecule has 5 unspecified atom stereocenters. The molecule has 6 heteroatoms. The molecule has 0 heterocycles. The molecule has 3 aliphatic carbocycles. The van der Waals surface area contributed by atoms with E-state index in [0.29, 0.717) is 30.0 Å². The van der Waals surface area contributed by atoms with Gasteiger partial charge in [0.2, 0.25) is 0 Å². The summed E-state index contributed by atoms with van der Waals surface area (Å²) in [5, 5.41) is 12.8. The molecule has 0 aliphatic heterocycles. The van der Waals surface area contributed by atoms with Crippen molar-refractivity contribution in [1.82, 2.24) is 5.32 Å². The van der Waals surface area contributed by atoms with E-state index >= 15 is 0 Å². The molecule has 2 N–H and O–H groups in total. The number of aryl methyl sites for hydroxylation is 1. The van der Waals surface area contributed by atoms with Crippen molar-refractivity contribution < 1.29 is 14.6 Å². The summed E-state index contributed by atoms with van der Waals surface area (Å²) < 4.78 is 6.23. The van der Waals surface area contributed by atoms with E-state index < -0.39 is 0 Å². The van der Waals surface area contributed by atoms with Crippen LogP contribution < -0.4 is 5.32 Å². The van der Waals surface area contributed by atoms with E-state index in [9.17, 15) is 9.90 Å². The van der Waals surface area contributed by atoms with E-state index in [2.05, 4.69) is 39.1 Å². The summed E-state index contributed by atoms with van der Waals surface area (Å²) in [4.78, 5) is 12.5. The van der Waals surface area contributed by atoms with Crippen molar-refractivity contribution in [3.63, 3.8) is 0 Å². The molecule has 2 fully saturated rings. The minimum Gasteiger partial charge on any atom is -0.508 e. The number of amides is 1. The van der Waals surface area contributed by atoms with Gasteiger partial charge in [0.1, 0.15) is 11.9 Å². The predicted octanol–water partition coefficient (Wildman–Crippen LogP) is 6.52. The van der Waals surface area contributed by atoms with Crippen molar-refractivity contribution in [3.8, 4) is 5.75 Å². The van der Waals surface area contributed by atoms with Crippen LogP contribution in [0.1, 0.15) is 76.8 Å². The van der Waals surface area contributed by atoms with Gasteiger partial charge >= 0.3 is 6.09 Å². The molecule has 1 aromatic rings. The topological polar surface area (TPSA) is 58.6 Å². The Morgan fingerprint density at radius 3 is 2.84 bits per heavy atom. The van der Waals surface area contributed by atoms with Gasteiger partial charge in [-0.15, -0.1) is 0 Å². The number of fused-ring (bicyclic) bond motifs is 5. The first-order valence-corrected chi connectivity index (χ1v) is 14.1. The highest BCUT2D eigenvalue weighted by atomic mass is 33.1. The molecule has 0 spiro atoms. The highest BCUT2D eigenvalue weighted by Crippen LogP contribution is 2.61. The molecule has 4 nitrogen and oxygen atoms in total. The van der Waals surface area contributed by atoms with Gasteiger partial charge in [-0.25, -0.2) is 4.79 Å². The maximum Gasteiger partial charge on any atom is 0.407 e. The molecule has 31 heavy (non-hydrogen) atoms. The fourth-order valence-electron chi connectivity index (χ4n) is 6.30. The van der Waals surface area contributed by atoms with Gasteiger partial charge < -0.3 is 15.2 Å². The number of aromatic hydroxyl groups is 1. The molecule has 0 aromatic heterocycles. The van der Waals surface area contributed by atoms with Gasteiger partial charge in [0.15, 0.2) is 0 Å². The lowest BCUT2D eigenvalue weighted by molar-refractivity contribution is -0.0313. The Kier molecular flexibility index (Phi) is 6.79. The third kappa shape index (κ3) is 5.00. The van der Waals surface area contributed by atoms with Crippen molar-refractivity contribution in [1.29, 1.82) is 0 Å². The van der Waals surface area contributed by atoms with E-state index in [1.807, 2.05) is 22.9 Å². The predicted molar refractivity (Wildman–Crippen MR) is 131 cm³/mol. The lowest BCUT2D eigenvalue weighted by Gasteiger charge is -2.50. The van der Waals surface area contributed by atoms with Crippen molar-refractivity contribution >= 4 is 27.7 Å². The number of carbonyl (C=O) groups is 1. The molecule has 3 aliphatic rings. The van der Waals surface area contributed by atoms with Crippen molar-refractivity contribution in [2.75, 3.05) is 12.3 Å². The van der Waals surface area contributed by atoms with Crippen LogP contribution >= 0.6 is 21.6 Å². The van der Waals surface area contributed by atoms with Gasteiger partial charge in [0.25, 0.3) is 0 Å². The molecular formula is C25H37NO3S2. The third-order valence-corrected chi connectivity index (χ3v) is 11.0. The highest BCUT2D eigenvalue weighted by Gasteiger charge is 2.56. The average Bonchev–Trinajstić information content (AvgIpc) is 3.02. The molecule has 172 valence electrons. The number of nitrogens with one attached hydrogen (secondary N) is 1. The van der Waals surface area contributed by atoms with Crippen LogP contribution in [0.2, 0.25) is 0 Å². The number of phenolic OH excluding ortho intramolecular Hbond substituents is 1. The van der Waals surface area contributed by atoms with E-state index in [1.165, 1.54) is 17.5 Å². The van der Waals surface area contributed by atoms with Gasteiger partial charge in [-0.3, -0.25) is 0 Å². The highest BCUT2D eigenvalue weighted by molar-refractivity contribution is 8.77. The number of phenols is 1. The van der Waals surface area contributed by atoms with E-state index in [0.717, 1.165) is 37.9 Å². The number of alkyl carbamates (subject to hydrolysis) is 1. The quantitative estimate of drug-likeness (QED) is 0.384. The van der Waals surface area contributed by atoms with E-state index in [4.69, 9.17) is 4.74 Å². The zero-order valence-corrected chi connectivity index (χ0v) is 20.9. The molecule has 1 amide bonds. The first-order chi connectivity index (χ1) is 14.7. The monoisotopic (exact) mass is 463 g/mol. The number of ether oxygens (including phenoxy) is 1. The zero-order valence-electron chi connectivity index (χ0n) is 19.3. The molecule has 4 rings (SSSR count). The largest absolute Gasteiger partial charge is 0.508 e. The van der Waals surface area contributed by atoms with Crippen LogP contribution in [0.5, 0.6) is 5.75 Å². The first-order valence-electron chi connectivity index (χ1n) is 11.7. The molecule has 2 saturated carbocycles. The average molecular weight is 464 g/mol. The van der Waals surface area contributed by atoms with Crippen LogP contribution in [0.3, 0.4) is 0 Å². The van der Waals surface area contributed by atoms with Crippen molar-refractivity contribution in [3.05, 3.63) is 29.3 Å². The Labute approximate surface area is 195 Å². The SMILES string of the molecule is CC(C)(C)SSCCNC(=O)OC1CCC2C3CCc4cc(O)ccc4C3CCC12C. The fourth-order valence-corrected chi connectivity index (χ4v) is 8.48. The lowest BCUT2D eigenvalue weighted by Crippen LogP contribution is -2.46. The summed E-state index contributed by atoms with van der Waals surface area (Å²) in [6.07, 6.45) is 6.40. The van der Waals surface area contributed by atoms with Gasteiger partial charge in [-0.2, -0.15) is 0 Å². The van der Waals surface area contributed by atoms with Crippen molar-refractivity contribution in [2.24, 2.45) is 17.3 Å². The summed E-state index contributed by atoms with van der Waals surface area (Å²) in [7, 11) is 3.65. The number of carbonyl (C=O) groups excluding carboxylic acids is 1. The Morgan fingerprint density at radius 1 is 1.26 bits per heavy atom. The maximum absolute atomic E-state index is 12.5. The summed E-state index contributed by atoms with van der Waals surface area (Å²) in [5.41, 5.74) is 2.87. The van der Waals surface area contributed by atoms with Gasteiger partial charge in [0.05, 0.1) is 0 Å². The number of benzene rings is 1. The van der Waals surface area contributed by atoms with Crippen LogP contribution in [0, 0.1) is 17.3 Å². The van der Waals surface area contributed by atoms with Gasteiger partial charge in [0, 0.05) is 22.5 Å². The minimum atomic E-state index is -0.250. The molecule has 0 saturated heterocycles. The summed E-state index contributed by atoms with van der Waals surface area (Å²) in [6.45, 7) is 9.61. The van der Waals surface area contributed by atoms with E-state index in [1.54, 1.807) is 10.8 Å². The number of rotatable bonds is 5. The Hall–Kier alpha value is -1.01. The summed E-state index contributed by atoms with van der Waals surface area (Å²) in [5.74, 6) is 3.14. The van der Waals surface area contributed by atoms with Crippen LogP contribution in [0.15, 0.2) is 18.2 Å². The number of hydrogen-bond acceptors (Lipinski definition) is 5. The standard InChI is InChI=1S/C25H37NO3S2/c1-24(2,3)31-30-14-13-26-23(28)29-22-10-9-21-20-7-5-16-15-17(27)6-8-18(16)19(20)11-12-25(21,22)4/h6,8,15,19-22,27H,5,7,9-14H2,1-4H3,(H,26,28). The fraction of sp³-hybridized carbons (Fsp3) is 0.720. The van der Waals surface area contributed by atoms with Crippen LogP contribution in [-0.2, 0) is 11.2 Å². The molecule has 0 radical (unpaired) electrons. The van der Waals surface area contributed by atoms with Gasteiger partial charge in [-0.05, 0) is 79.5 Å². The normalized spacial score (nSPS) is 32.0. The summed E-state index contributed by atoms with van der Waals surface area (Å²) >= 11 is 0. The maximum atomic E-state index is 12.5. The van der Waals surface area contributed by atoms with Crippen molar-refractivity contribution in [2.45, 2.75) is 83.0 Å². The Balaban J connectivity index is 1.33. The molecule has 0 bridgehead atoms. The molecular weight excluding hydrogens is 426 g/mol. The molecule has 1 aromatic carbocycles. The second-order valence-electron chi connectivity index (χ2n) is 10.8. The second kappa shape index (κ2) is 9.09. The second-order valence-corrected chi connectivity index (χ2v) is 14.0. The Morgan fingerprint density at radius 2 is 2.06 bits per heavy atom. The zero-order chi connectivity index (χ0) is 22.2. The number of hydrogen-bond donors (Lipinski definition) is 2. The summed E-state index contributed by atoms with van der Waals surface area (Å²) in [6, 6.07) is 5.96.